The van der Waals surface area contributed by atoms with Crippen LogP contribution in [0.15, 0.2) is 0 Å². The van der Waals surface area contributed by atoms with Crippen molar-refractivity contribution < 1.29 is 4.74 Å². The van der Waals surface area contributed by atoms with Crippen molar-refractivity contribution in [2.75, 3.05) is 13.2 Å². The molecule has 2 fully saturated rings. The van der Waals surface area contributed by atoms with Gasteiger partial charge in [0.05, 0.1) is 6.10 Å². The van der Waals surface area contributed by atoms with E-state index in [-0.39, 0.29) is 0 Å². The van der Waals surface area contributed by atoms with E-state index in [1.54, 1.807) is 0 Å². The van der Waals surface area contributed by atoms with Gasteiger partial charge in [0, 0.05) is 18.2 Å². The van der Waals surface area contributed by atoms with Gasteiger partial charge < -0.3 is 15.8 Å². The van der Waals surface area contributed by atoms with Crippen LogP contribution in [0.3, 0.4) is 0 Å². The predicted octanol–water partition coefficient (Wildman–Crippen LogP) is 2.59. The molecule has 0 radical (unpaired) electrons. The van der Waals surface area contributed by atoms with Crippen LogP contribution >= 0.6 is 0 Å². The second-order valence-corrected chi connectivity index (χ2v) is 6.22. The Morgan fingerprint density at radius 2 is 1.94 bits per heavy atom. The zero-order chi connectivity index (χ0) is 12.8. The summed E-state index contributed by atoms with van der Waals surface area (Å²) in [4.78, 5) is 0. The SMILES string of the molecule is CCCOC1CCC2(CCCC(N)CCN2)CC1. The van der Waals surface area contributed by atoms with Crippen LogP contribution in [0.2, 0.25) is 0 Å². The van der Waals surface area contributed by atoms with Gasteiger partial charge in [0.15, 0.2) is 0 Å². The van der Waals surface area contributed by atoms with Gasteiger partial charge in [-0.1, -0.05) is 13.3 Å². The van der Waals surface area contributed by atoms with E-state index in [4.69, 9.17) is 10.5 Å². The number of rotatable bonds is 3. The molecule has 3 N–H and O–H groups in total. The summed E-state index contributed by atoms with van der Waals surface area (Å²) in [5.41, 5.74) is 6.45. The fourth-order valence-corrected chi connectivity index (χ4v) is 3.48. The van der Waals surface area contributed by atoms with Gasteiger partial charge >= 0.3 is 0 Å². The first-order valence-corrected chi connectivity index (χ1v) is 7.86. The van der Waals surface area contributed by atoms with Gasteiger partial charge in [0.25, 0.3) is 0 Å². The van der Waals surface area contributed by atoms with E-state index in [1.807, 2.05) is 0 Å². The smallest absolute Gasteiger partial charge is 0.0576 e. The van der Waals surface area contributed by atoms with Crippen molar-refractivity contribution in [1.29, 1.82) is 0 Å². The van der Waals surface area contributed by atoms with Crippen LogP contribution in [0.1, 0.15) is 64.7 Å². The van der Waals surface area contributed by atoms with Crippen molar-refractivity contribution in [3.8, 4) is 0 Å². The van der Waals surface area contributed by atoms with E-state index < -0.39 is 0 Å². The molecule has 0 amide bonds. The molecule has 1 heterocycles. The summed E-state index contributed by atoms with van der Waals surface area (Å²) >= 11 is 0. The summed E-state index contributed by atoms with van der Waals surface area (Å²) in [6.07, 6.45) is 11.6. The molecular formula is C15H30N2O. The topological polar surface area (TPSA) is 47.3 Å². The summed E-state index contributed by atoms with van der Waals surface area (Å²) in [5, 5.41) is 3.81. The highest BCUT2D eigenvalue weighted by atomic mass is 16.5. The largest absolute Gasteiger partial charge is 0.378 e. The first-order chi connectivity index (χ1) is 8.74. The van der Waals surface area contributed by atoms with Crippen molar-refractivity contribution in [3.63, 3.8) is 0 Å². The van der Waals surface area contributed by atoms with Crippen molar-refractivity contribution in [1.82, 2.24) is 5.32 Å². The van der Waals surface area contributed by atoms with Gasteiger partial charge in [-0.3, -0.25) is 0 Å². The number of nitrogens with one attached hydrogen (secondary N) is 1. The monoisotopic (exact) mass is 254 g/mol. The highest BCUT2D eigenvalue weighted by Gasteiger charge is 2.35. The molecule has 0 bridgehead atoms. The number of hydrogen-bond acceptors (Lipinski definition) is 3. The molecule has 0 aromatic carbocycles. The van der Waals surface area contributed by atoms with Crippen molar-refractivity contribution in [3.05, 3.63) is 0 Å². The lowest BCUT2D eigenvalue weighted by Gasteiger charge is -2.42. The molecule has 0 aromatic rings. The van der Waals surface area contributed by atoms with Gasteiger partial charge in [-0.15, -0.1) is 0 Å². The predicted molar refractivity (Wildman–Crippen MR) is 75.7 cm³/mol. The van der Waals surface area contributed by atoms with Gasteiger partial charge in [-0.25, -0.2) is 0 Å². The molecule has 0 aromatic heterocycles. The van der Waals surface area contributed by atoms with E-state index >= 15 is 0 Å². The van der Waals surface area contributed by atoms with E-state index in [2.05, 4.69) is 12.2 Å². The van der Waals surface area contributed by atoms with Crippen LogP contribution in [0.4, 0.5) is 0 Å². The Kier molecular flexibility index (Phi) is 5.46. The van der Waals surface area contributed by atoms with Crippen molar-refractivity contribution >= 4 is 0 Å². The molecule has 18 heavy (non-hydrogen) atoms. The summed E-state index contributed by atoms with van der Waals surface area (Å²) in [7, 11) is 0. The maximum absolute atomic E-state index is 6.04. The molecule has 1 saturated heterocycles. The minimum atomic E-state index is 0.409. The summed E-state index contributed by atoms with van der Waals surface area (Å²) in [6, 6.07) is 0.416. The maximum Gasteiger partial charge on any atom is 0.0576 e. The Morgan fingerprint density at radius 3 is 2.67 bits per heavy atom. The van der Waals surface area contributed by atoms with Gasteiger partial charge in [0.1, 0.15) is 0 Å². The summed E-state index contributed by atoms with van der Waals surface area (Å²) in [6.45, 7) is 4.21. The van der Waals surface area contributed by atoms with Crippen LogP contribution in [-0.4, -0.2) is 30.8 Å². The Balaban J connectivity index is 1.79. The van der Waals surface area contributed by atoms with Crippen molar-refractivity contribution in [2.24, 2.45) is 5.73 Å². The maximum atomic E-state index is 6.04. The van der Waals surface area contributed by atoms with Crippen LogP contribution in [0.5, 0.6) is 0 Å². The minimum absolute atomic E-state index is 0.409. The average Bonchev–Trinajstić information content (AvgIpc) is 2.36. The molecule has 1 atom stereocenters. The number of nitrogens with two attached hydrogens (primary N) is 1. The highest BCUT2D eigenvalue weighted by molar-refractivity contribution is 4.94. The fraction of sp³-hybridized carbons (Fsp3) is 1.00. The average molecular weight is 254 g/mol. The third-order valence-electron chi connectivity index (χ3n) is 4.69. The second-order valence-electron chi connectivity index (χ2n) is 6.22. The molecule has 3 nitrogen and oxygen atoms in total. The van der Waals surface area contributed by atoms with Gasteiger partial charge in [-0.2, -0.15) is 0 Å². The summed E-state index contributed by atoms with van der Waals surface area (Å²) < 4.78 is 5.89. The zero-order valence-electron chi connectivity index (χ0n) is 11.9. The quantitative estimate of drug-likeness (QED) is 0.814. The fourth-order valence-electron chi connectivity index (χ4n) is 3.48. The molecule has 1 aliphatic carbocycles. The molecule has 2 rings (SSSR count). The van der Waals surface area contributed by atoms with E-state index in [1.165, 1.54) is 44.9 Å². The number of ether oxygens (including phenoxy) is 1. The molecule has 3 heteroatoms. The van der Waals surface area contributed by atoms with E-state index in [9.17, 15) is 0 Å². The van der Waals surface area contributed by atoms with Crippen molar-refractivity contribution in [2.45, 2.75) is 82.4 Å². The zero-order valence-corrected chi connectivity index (χ0v) is 11.9. The standard InChI is InChI=1S/C15H30N2O/c1-2-12-18-14-5-9-15(10-6-14)8-3-4-13(16)7-11-17-15/h13-14,17H,2-12,16H2,1H3. The first kappa shape index (κ1) is 14.3. The molecule has 1 aliphatic heterocycles. The molecule has 1 unspecified atom stereocenters. The Bertz CT molecular complexity index is 225. The van der Waals surface area contributed by atoms with Crippen LogP contribution in [0, 0.1) is 0 Å². The lowest BCUT2D eigenvalue weighted by atomic mass is 9.76. The molecular weight excluding hydrogens is 224 g/mol. The molecule has 106 valence electrons. The lowest BCUT2D eigenvalue weighted by Crippen LogP contribution is -2.51. The summed E-state index contributed by atoms with van der Waals surface area (Å²) in [5.74, 6) is 0. The van der Waals surface area contributed by atoms with Crippen LogP contribution < -0.4 is 11.1 Å². The number of hydrogen-bond donors (Lipinski definition) is 2. The Hall–Kier alpha value is -0.120. The lowest BCUT2D eigenvalue weighted by molar-refractivity contribution is 0.00489. The van der Waals surface area contributed by atoms with E-state index in [0.29, 0.717) is 17.7 Å². The van der Waals surface area contributed by atoms with Gasteiger partial charge in [-0.05, 0) is 57.9 Å². The molecule has 2 aliphatic rings. The van der Waals surface area contributed by atoms with Gasteiger partial charge in [0.2, 0.25) is 0 Å². The third-order valence-corrected chi connectivity index (χ3v) is 4.69. The van der Waals surface area contributed by atoms with Crippen LogP contribution in [-0.2, 0) is 4.74 Å². The minimum Gasteiger partial charge on any atom is -0.378 e. The Morgan fingerprint density at radius 1 is 1.17 bits per heavy atom. The van der Waals surface area contributed by atoms with Crippen LogP contribution in [0.25, 0.3) is 0 Å². The molecule has 1 spiro atoms. The second kappa shape index (κ2) is 6.88. The van der Waals surface area contributed by atoms with E-state index in [0.717, 1.165) is 26.0 Å². The Labute approximate surface area is 112 Å². The third kappa shape index (κ3) is 3.94. The first-order valence-electron chi connectivity index (χ1n) is 7.86. The molecule has 1 saturated carbocycles. The highest BCUT2D eigenvalue weighted by Crippen LogP contribution is 2.35. The normalized spacial score (nSPS) is 38.3.